The molecule has 5 nitrogen and oxygen atoms in total. The van der Waals surface area contributed by atoms with E-state index in [9.17, 15) is 9.59 Å². The number of rotatable bonds is 3. The molecule has 7 heteroatoms. The van der Waals surface area contributed by atoms with Crippen molar-refractivity contribution in [3.63, 3.8) is 0 Å². The molecule has 2 rings (SSSR count). The largest absolute Gasteiger partial charge is 0.329 e. The first-order valence-electron chi connectivity index (χ1n) is 6.01. The Bertz CT molecular complexity index is 683. The van der Waals surface area contributed by atoms with Crippen LogP contribution in [0, 0.1) is 0 Å². The number of benzene rings is 1. The van der Waals surface area contributed by atoms with Gasteiger partial charge in [-0.15, -0.1) is 11.3 Å². The lowest BCUT2D eigenvalue weighted by molar-refractivity contribution is -0.136. The lowest BCUT2D eigenvalue weighted by Crippen LogP contribution is -2.32. The quantitative estimate of drug-likeness (QED) is 0.518. The minimum Gasteiger partial charge on any atom is -0.318 e. The number of anilines is 1. The fourth-order valence-electron chi connectivity index (χ4n) is 1.48. The van der Waals surface area contributed by atoms with Crippen LogP contribution in [0.5, 0.6) is 0 Å². The van der Waals surface area contributed by atoms with Crippen LogP contribution in [-0.4, -0.2) is 17.5 Å². The molecule has 2 amide bonds. The Morgan fingerprint density at radius 1 is 1.19 bits per heavy atom. The van der Waals surface area contributed by atoms with Gasteiger partial charge in [-0.2, -0.15) is 5.10 Å². The van der Waals surface area contributed by atoms with Gasteiger partial charge >= 0.3 is 11.8 Å². The van der Waals surface area contributed by atoms with Gasteiger partial charge in [-0.1, -0.05) is 23.7 Å². The summed E-state index contributed by atoms with van der Waals surface area (Å²) in [5, 5.41) is 8.70. The summed E-state index contributed by atoms with van der Waals surface area (Å²) in [6, 6.07) is 10.3. The Hall–Kier alpha value is -2.18. The number of thiophene rings is 1. The number of hydrogen-bond donors (Lipinski definition) is 2. The van der Waals surface area contributed by atoms with E-state index >= 15 is 0 Å². The van der Waals surface area contributed by atoms with Crippen molar-refractivity contribution in [1.82, 2.24) is 5.43 Å². The van der Waals surface area contributed by atoms with Gasteiger partial charge in [0.1, 0.15) is 0 Å². The van der Waals surface area contributed by atoms with Crippen LogP contribution in [0.1, 0.15) is 11.8 Å². The SMILES string of the molecule is C/C(=N\NC(=O)C(=O)Nc1cccc(Cl)c1)c1cccs1. The van der Waals surface area contributed by atoms with Gasteiger partial charge in [0.2, 0.25) is 0 Å². The molecule has 1 aromatic heterocycles. The van der Waals surface area contributed by atoms with Crippen LogP contribution in [-0.2, 0) is 9.59 Å². The first-order chi connectivity index (χ1) is 10.1. The molecular weight excluding hydrogens is 310 g/mol. The fraction of sp³-hybridized carbons (Fsp3) is 0.0714. The number of halogens is 1. The molecule has 1 heterocycles. The van der Waals surface area contributed by atoms with Gasteiger partial charge in [0.15, 0.2) is 0 Å². The van der Waals surface area contributed by atoms with Crippen LogP contribution in [0.3, 0.4) is 0 Å². The number of hydrazone groups is 1. The van der Waals surface area contributed by atoms with Gasteiger partial charge in [0, 0.05) is 15.6 Å². The fourth-order valence-corrected chi connectivity index (χ4v) is 2.35. The summed E-state index contributed by atoms with van der Waals surface area (Å²) in [5.41, 5.74) is 3.30. The molecule has 0 spiro atoms. The molecule has 0 saturated carbocycles. The van der Waals surface area contributed by atoms with Crippen molar-refractivity contribution in [3.8, 4) is 0 Å². The Kier molecular flexibility index (Phi) is 5.08. The molecule has 0 unspecified atom stereocenters. The number of nitrogens with one attached hydrogen (secondary N) is 2. The zero-order valence-electron chi connectivity index (χ0n) is 11.1. The van der Waals surface area contributed by atoms with E-state index in [-0.39, 0.29) is 0 Å². The van der Waals surface area contributed by atoms with Gasteiger partial charge in [-0.25, -0.2) is 5.43 Å². The highest BCUT2D eigenvalue weighted by molar-refractivity contribution is 7.12. The van der Waals surface area contributed by atoms with Gasteiger partial charge in [0.05, 0.1) is 5.71 Å². The molecular formula is C14H12ClN3O2S. The molecule has 0 bridgehead atoms. The zero-order chi connectivity index (χ0) is 15.2. The molecule has 0 aliphatic carbocycles. The maximum absolute atomic E-state index is 11.7. The van der Waals surface area contributed by atoms with Crippen LogP contribution in [0.2, 0.25) is 5.02 Å². The minimum absolute atomic E-state index is 0.446. The van der Waals surface area contributed by atoms with E-state index in [4.69, 9.17) is 11.6 Å². The van der Waals surface area contributed by atoms with Gasteiger partial charge in [0.25, 0.3) is 0 Å². The molecule has 2 N–H and O–H groups in total. The van der Waals surface area contributed by atoms with Gasteiger partial charge < -0.3 is 5.32 Å². The van der Waals surface area contributed by atoms with E-state index in [2.05, 4.69) is 15.8 Å². The number of carbonyl (C=O) groups excluding carboxylic acids is 2. The third-order valence-corrected chi connectivity index (χ3v) is 3.71. The molecule has 2 aromatic rings. The standard InChI is InChI=1S/C14H12ClN3O2S/c1-9(12-6-3-7-21-12)17-18-14(20)13(19)16-11-5-2-4-10(15)8-11/h2-8H,1H3,(H,16,19)(H,18,20)/b17-9+. The predicted octanol–water partition coefficient (Wildman–Crippen LogP) is 2.88. The Balaban J connectivity index is 1.94. The number of carbonyl (C=O) groups is 2. The average molecular weight is 322 g/mol. The summed E-state index contributed by atoms with van der Waals surface area (Å²) in [5.74, 6) is -1.65. The molecule has 0 atom stereocenters. The molecule has 0 fully saturated rings. The van der Waals surface area contributed by atoms with Crippen LogP contribution in [0.15, 0.2) is 46.9 Å². The number of amides is 2. The molecule has 1 aromatic carbocycles. The average Bonchev–Trinajstić information content (AvgIpc) is 2.98. The van der Waals surface area contributed by atoms with E-state index < -0.39 is 11.8 Å². The van der Waals surface area contributed by atoms with Crippen LogP contribution in [0.25, 0.3) is 0 Å². The zero-order valence-corrected chi connectivity index (χ0v) is 12.7. The summed E-state index contributed by atoms with van der Waals surface area (Å²) in [4.78, 5) is 24.3. The summed E-state index contributed by atoms with van der Waals surface area (Å²) in [6.45, 7) is 1.75. The molecule has 0 radical (unpaired) electrons. The predicted molar refractivity (Wildman–Crippen MR) is 84.8 cm³/mol. The van der Waals surface area contributed by atoms with Gasteiger partial charge in [-0.05, 0) is 36.6 Å². The minimum atomic E-state index is -0.842. The molecule has 21 heavy (non-hydrogen) atoms. The molecule has 0 aliphatic heterocycles. The monoisotopic (exact) mass is 321 g/mol. The lowest BCUT2D eigenvalue weighted by Gasteiger charge is -2.04. The Labute approximate surface area is 130 Å². The third-order valence-electron chi connectivity index (χ3n) is 2.49. The molecule has 108 valence electrons. The highest BCUT2D eigenvalue weighted by Crippen LogP contribution is 2.14. The second kappa shape index (κ2) is 7.01. The highest BCUT2D eigenvalue weighted by atomic mass is 35.5. The first-order valence-corrected chi connectivity index (χ1v) is 7.27. The van der Waals surface area contributed by atoms with Gasteiger partial charge in [-0.3, -0.25) is 9.59 Å². The number of hydrogen-bond acceptors (Lipinski definition) is 4. The van der Waals surface area contributed by atoms with Crippen molar-refractivity contribution < 1.29 is 9.59 Å². The maximum atomic E-state index is 11.7. The lowest BCUT2D eigenvalue weighted by atomic mass is 10.3. The topological polar surface area (TPSA) is 70.6 Å². The van der Waals surface area contributed by atoms with E-state index in [1.54, 1.807) is 31.2 Å². The van der Waals surface area contributed by atoms with Crippen LogP contribution < -0.4 is 10.7 Å². The summed E-state index contributed by atoms with van der Waals surface area (Å²) >= 11 is 7.29. The van der Waals surface area contributed by atoms with Crippen molar-refractivity contribution in [2.75, 3.05) is 5.32 Å². The van der Waals surface area contributed by atoms with E-state index in [1.807, 2.05) is 17.5 Å². The van der Waals surface area contributed by atoms with E-state index in [0.717, 1.165) is 4.88 Å². The smallest absolute Gasteiger partial charge is 0.318 e. The maximum Gasteiger partial charge on any atom is 0.329 e. The van der Waals surface area contributed by atoms with E-state index in [1.165, 1.54) is 11.3 Å². The van der Waals surface area contributed by atoms with Crippen molar-refractivity contribution in [3.05, 3.63) is 51.7 Å². The summed E-state index contributed by atoms with van der Waals surface area (Å²) in [6.07, 6.45) is 0. The third kappa shape index (κ3) is 4.40. The van der Waals surface area contributed by atoms with Crippen LogP contribution in [0.4, 0.5) is 5.69 Å². The van der Waals surface area contributed by atoms with Crippen molar-refractivity contribution in [2.24, 2.45) is 5.10 Å². The molecule has 0 aliphatic rings. The second-order valence-electron chi connectivity index (χ2n) is 4.08. The summed E-state index contributed by atoms with van der Waals surface area (Å²) < 4.78 is 0. The van der Waals surface area contributed by atoms with Crippen LogP contribution >= 0.6 is 22.9 Å². The number of nitrogens with zero attached hydrogens (tertiary/aromatic N) is 1. The molecule has 0 saturated heterocycles. The second-order valence-corrected chi connectivity index (χ2v) is 5.46. The Morgan fingerprint density at radius 3 is 2.67 bits per heavy atom. The normalized spacial score (nSPS) is 11.0. The Morgan fingerprint density at radius 2 is 2.00 bits per heavy atom. The highest BCUT2D eigenvalue weighted by Gasteiger charge is 2.13. The first kappa shape index (κ1) is 15.2. The summed E-state index contributed by atoms with van der Waals surface area (Å²) in [7, 11) is 0. The van der Waals surface area contributed by atoms with Crippen molar-refractivity contribution in [1.29, 1.82) is 0 Å². The van der Waals surface area contributed by atoms with Crippen molar-refractivity contribution >= 4 is 46.2 Å². The van der Waals surface area contributed by atoms with E-state index in [0.29, 0.717) is 16.4 Å². The van der Waals surface area contributed by atoms with Crippen molar-refractivity contribution in [2.45, 2.75) is 6.92 Å².